The van der Waals surface area contributed by atoms with Crippen LogP contribution < -0.4 is 24.8 Å². The maximum Gasteiger partial charge on any atom is 0.331 e. The SMILES string of the molecule is COc1cc(/C=C/C(=O)O[C@@H](C(=O)NC2CCCCC2)[C@@H](NC(=O)/C=C/c2ccccc2)c2ccccc2)cc(OC)c1OC. The second kappa shape index (κ2) is 16.7. The molecule has 9 nitrogen and oxygen atoms in total. The van der Waals surface area contributed by atoms with Gasteiger partial charge in [-0.2, -0.15) is 0 Å². The average molecular weight is 613 g/mol. The van der Waals surface area contributed by atoms with E-state index in [1.807, 2.05) is 36.4 Å². The number of rotatable bonds is 13. The van der Waals surface area contributed by atoms with Crippen LogP contribution in [-0.4, -0.2) is 51.3 Å². The van der Waals surface area contributed by atoms with Gasteiger partial charge in [0.05, 0.1) is 21.3 Å². The van der Waals surface area contributed by atoms with Crippen molar-refractivity contribution in [3.8, 4) is 17.2 Å². The van der Waals surface area contributed by atoms with E-state index in [0.717, 1.165) is 37.7 Å². The first-order valence-electron chi connectivity index (χ1n) is 15.0. The number of benzene rings is 3. The number of ether oxygens (including phenoxy) is 4. The first kappa shape index (κ1) is 32.9. The minimum atomic E-state index is -1.35. The van der Waals surface area contributed by atoms with E-state index in [4.69, 9.17) is 18.9 Å². The van der Waals surface area contributed by atoms with Crippen LogP contribution in [0.1, 0.15) is 54.8 Å². The van der Waals surface area contributed by atoms with Gasteiger partial charge in [0.15, 0.2) is 11.5 Å². The Morgan fingerprint density at radius 2 is 1.36 bits per heavy atom. The van der Waals surface area contributed by atoms with E-state index in [-0.39, 0.29) is 6.04 Å². The highest BCUT2D eigenvalue weighted by Gasteiger charge is 2.35. The topological polar surface area (TPSA) is 112 Å². The molecular formula is C36H40N2O7. The fourth-order valence-electron chi connectivity index (χ4n) is 5.26. The third-order valence-electron chi connectivity index (χ3n) is 7.54. The van der Waals surface area contributed by atoms with Crippen molar-refractivity contribution in [2.75, 3.05) is 21.3 Å². The Kier molecular flexibility index (Phi) is 12.2. The molecule has 2 N–H and O–H groups in total. The minimum Gasteiger partial charge on any atom is -0.493 e. The highest BCUT2D eigenvalue weighted by Crippen LogP contribution is 2.38. The second-order valence-corrected chi connectivity index (χ2v) is 10.6. The van der Waals surface area contributed by atoms with Gasteiger partial charge in [-0.15, -0.1) is 0 Å². The number of hydrogen-bond acceptors (Lipinski definition) is 7. The molecule has 0 radical (unpaired) electrons. The Hall–Kier alpha value is -5.05. The quantitative estimate of drug-likeness (QED) is 0.189. The Balaban J connectivity index is 1.62. The van der Waals surface area contributed by atoms with Gasteiger partial charge in [0.1, 0.15) is 6.04 Å². The van der Waals surface area contributed by atoms with Crippen molar-refractivity contribution in [3.05, 3.63) is 102 Å². The van der Waals surface area contributed by atoms with Crippen molar-refractivity contribution in [1.29, 1.82) is 0 Å². The zero-order chi connectivity index (χ0) is 32.0. The monoisotopic (exact) mass is 612 g/mol. The van der Waals surface area contributed by atoms with Gasteiger partial charge in [-0.1, -0.05) is 79.9 Å². The summed E-state index contributed by atoms with van der Waals surface area (Å²) in [7, 11) is 4.51. The van der Waals surface area contributed by atoms with Crippen molar-refractivity contribution in [2.24, 2.45) is 0 Å². The number of carbonyl (C=O) groups is 3. The van der Waals surface area contributed by atoms with E-state index in [1.54, 1.807) is 42.5 Å². The zero-order valence-corrected chi connectivity index (χ0v) is 25.9. The molecule has 0 aromatic heterocycles. The van der Waals surface area contributed by atoms with E-state index >= 15 is 0 Å². The van der Waals surface area contributed by atoms with Gasteiger partial charge >= 0.3 is 5.97 Å². The number of methoxy groups -OCH3 is 3. The summed E-state index contributed by atoms with van der Waals surface area (Å²) < 4.78 is 22.0. The molecule has 3 aromatic rings. The Bertz CT molecular complexity index is 1460. The molecule has 1 aliphatic carbocycles. The lowest BCUT2D eigenvalue weighted by Crippen LogP contribution is -2.50. The summed E-state index contributed by atoms with van der Waals surface area (Å²) in [6.07, 6.45) is 9.31. The van der Waals surface area contributed by atoms with Gasteiger partial charge in [-0.25, -0.2) is 4.79 Å². The summed E-state index contributed by atoms with van der Waals surface area (Å²) >= 11 is 0. The molecule has 4 rings (SSSR count). The Morgan fingerprint density at radius 1 is 0.756 bits per heavy atom. The predicted molar refractivity (Wildman–Crippen MR) is 173 cm³/mol. The Labute approximate surface area is 264 Å². The van der Waals surface area contributed by atoms with Crippen LogP contribution in [0.2, 0.25) is 0 Å². The highest BCUT2D eigenvalue weighted by molar-refractivity contribution is 5.94. The summed E-state index contributed by atoms with van der Waals surface area (Å²) in [6, 6.07) is 20.8. The molecule has 1 aliphatic rings. The lowest BCUT2D eigenvalue weighted by atomic mass is 9.94. The first-order chi connectivity index (χ1) is 21.9. The number of amides is 2. The van der Waals surface area contributed by atoms with E-state index in [1.165, 1.54) is 39.6 Å². The number of nitrogens with one attached hydrogen (secondary N) is 2. The fourth-order valence-corrected chi connectivity index (χ4v) is 5.26. The predicted octanol–water partition coefficient (Wildman–Crippen LogP) is 5.66. The van der Waals surface area contributed by atoms with Gasteiger partial charge in [0.25, 0.3) is 5.91 Å². The van der Waals surface area contributed by atoms with Crippen molar-refractivity contribution >= 4 is 29.9 Å². The molecular weight excluding hydrogens is 572 g/mol. The van der Waals surface area contributed by atoms with Crippen LogP contribution in [0.15, 0.2) is 84.9 Å². The van der Waals surface area contributed by atoms with Gasteiger partial charge in [-0.05, 0) is 53.8 Å². The molecule has 45 heavy (non-hydrogen) atoms. The van der Waals surface area contributed by atoms with Crippen molar-refractivity contribution in [1.82, 2.24) is 10.6 Å². The lowest BCUT2D eigenvalue weighted by molar-refractivity contribution is -0.154. The van der Waals surface area contributed by atoms with Crippen LogP contribution in [0, 0.1) is 0 Å². The van der Waals surface area contributed by atoms with Crippen LogP contribution in [0.5, 0.6) is 17.2 Å². The maximum absolute atomic E-state index is 13.8. The van der Waals surface area contributed by atoms with Crippen LogP contribution in [-0.2, 0) is 19.1 Å². The Morgan fingerprint density at radius 3 is 1.96 bits per heavy atom. The van der Waals surface area contributed by atoms with Crippen LogP contribution in [0.4, 0.5) is 0 Å². The van der Waals surface area contributed by atoms with E-state index in [0.29, 0.717) is 28.4 Å². The van der Waals surface area contributed by atoms with Crippen molar-refractivity contribution in [3.63, 3.8) is 0 Å². The maximum atomic E-state index is 13.8. The molecule has 0 heterocycles. The van der Waals surface area contributed by atoms with Crippen LogP contribution >= 0.6 is 0 Å². The molecule has 0 saturated heterocycles. The van der Waals surface area contributed by atoms with Crippen molar-refractivity contribution in [2.45, 2.75) is 50.3 Å². The number of carbonyl (C=O) groups excluding carboxylic acids is 3. The normalized spacial score (nSPS) is 14.8. The molecule has 9 heteroatoms. The summed E-state index contributed by atoms with van der Waals surface area (Å²) in [5, 5.41) is 5.97. The van der Waals surface area contributed by atoms with Crippen LogP contribution in [0.25, 0.3) is 12.2 Å². The molecule has 0 unspecified atom stereocenters. The molecule has 0 bridgehead atoms. The lowest BCUT2D eigenvalue weighted by Gasteiger charge is -2.30. The molecule has 1 fully saturated rings. The van der Waals surface area contributed by atoms with E-state index in [2.05, 4.69) is 10.6 Å². The van der Waals surface area contributed by atoms with Gasteiger partial charge in [-0.3, -0.25) is 9.59 Å². The van der Waals surface area contributed by atoms with E-state index in [9.17, 15) is 14.4 Å². The fraction of sp³-hybridized carbons (Fsp3) is 0.306. The van der Waals surface area contributed by atoms with Gasteiger partial charge in [0, 0.05) is 18.2 Å². The molecule has 1 saturated carbocycles. The smallest absolute Gasteiger partial charge is 0.331 e. The number of hydrogen-bond donors (Lipinski definition) is 2. The summed E-state index contributed by atoms with van der Waals surface area (Å²) in [5.74, 6) is -0.413. The molecule has 0 spiro atoms. The third kappa shape index (κ3) is 9.47. The number of esters is 1. The highest BCUT2D eigenvalue weighted by atomic mass is 16.5. The van der Waals surface area contributed by atoms with Crippen molar-refractivity contribution < 1.29 is 33.3 Å². The van der Waals surface area contributed by atoms with Gasteiger partial charge in [0.2, 0.25) is 17.8 Å². The second-order valence-electron chi connectivity index (χ2n) is 10.6. The van der Waals surface area contributed by atoms with E-state index < -0.39 is 29.9 Å². The van der Waals surface area contributed by atoms with Gasteiger partial charge < -0.3 is 29.6 Å². The standard InChI is InChI=1S/C36H40N2O7/c1-42-29-23-26(24-30(43-2)34(29)44-3)20-22-32(40)45-35(36(41)37-28-17-11-6-12-18-28)33(27-15-9-5-10-16-27)38-31(39)21-19-25-13-7-4-8-14-25/h4-5,7-10,13-16,19-24,28,33,35H,6,11-12,17-18H2,1-3H3,(H,37,41)(H,38,39)/b21-19+,22-20+/t33-,35+/m0/s1. The summed E-state index contributed by atoms with van der Waals surface area (Å²) in [4.78, 5) is 40.3. The first-order valence-corrected chi connectivity index (χ1v) is 15.0. The largest absolute Gasteiger partial charge is 0.493 e. The zero-order valence-electron chi connectivity index (χ0n) is 25.9. The summed E-state index contributed by atoms with van der Waals surface area (Å²) in [6.45, 7) is 0. The molecule has 236 valence electrons. The minimum absolute atomic E-state index is 0.0349. The summed E-state index contributed by atoms with van der Waals surface area (Å²) in [5.41, 5.74) is 2.05. The third-order valence-corrected chi connectivity index (χ3v) is 7.54. The molecule has 3 aromatic carbocycles. The molecule has 2 amide bonds. The molecule has 2 atom stereocenters. The molecule has 0 aliphatic heterocycles. The van der Waals surface area contributed by atoms with Crippen LogP contribution in [0.3, 0.4) is 0 Å². The average Bonchev–Trinajstić information content (AvgIpc) is 3.08.